The maximum atomic E-state index is 12.8. The fourth-order valence-corrected chi connectivity index (χ4v) is 4.41. The summed E-state index contributed by atoms with van der Waals surface area (Å²) in [4.78, 5) is 12.5. The van der Waals surface area contributed by atoms with Crippen LogP contribution < -0.4 is 24.2 Å². The highest BCUT2D eigenvalue weighted by molar-refractivity contribution is 7.92. The number of para-hydroxylation sites is 1. The summed E-state index contributed by atoms with van der Waals surface area (Å²) < 4.78 is 44.6. The number of methoxy groups -OCH3 is 1. The van der Waals surface area contributed by atoms with Gasteiger partial charge < -0.3 is 19.5 Å². The lowest BCUT2D eigenvalue weighted by Crippen LogP contribution is -2.23. The Kier molecular flexibility index (Phi) is 6.69. The van der Waals surface area contributed by atoms with Crippen molar-refractivity contribution >= 4 is 21.6 Å². The molecule has 0 saturated heterocycles. The summed E-state index contributed by atoms with van der Waals surface area (Å²) in [7, 11) is -2.27. The van der Waals surface area contributed by atoms with Gasteiger partial charge in [-0.25, -0.2) is 8.42 Å². The third-order valence-corrected chi connectivity index (χ3v) is 6.44. The van der Waals surface area contributed by atoms with Gasteiger partial charge >= 0.3 is 0 Å². The molecule has 1 aliphatic rings. The maximum absolute atomic E-state index is 12.8. The topological polar surface area (TPSA) is 103 Å². The summed E-state index contributed by atoms with van der Waals surface area (Å²) in [6.07, 6.45) is 0.730. The van der Waals surface area contributed by atoms with Gasteiger partial charge in [-0.2, -0.15) is 0 Å². The van der Waals surface area contributed by atoms with Crippen molar-refractivity contribution in [2.24, 2.45) is 0 Å². The van der Waals surface area contributed by atoms with Crippen molar-refractivity contribution in [2.75, 3.05) is 25.0 Å². The summed E-state index contributed by atoms with van der Waals surface area (Å²) in [5.74, 6) is 1.34. The molecule has 0 radical (unpaired) electrons. The second-order valence-corrected chi connectivity index (χ2v) is 9.02. The van der Waals surface area contributed by atoms with Crippen LogP contribution in [0.3, 0.4) is 0 Å². The van der Waals surface area contributed by atoms with Crippen molar-refractivity contribution in [2.45, 2.75) is 17.9 Å². The van der Waals surface area contributed by atoms with Crippen molar-refractivity contribution in [3.63, 3.8) is 0 Å². The highest BCUT2D eigenvalue weighted by Crippen LogP contribution is 2.32. The smallest absolute Gasteiger partial charge is 0.262 e. The molecule has 3 aromatic rings. The molecule has 0 spiro atoms. The average molecular weight is 469 g/mol. The van der Waals surface area contributed by atoms with E-state index in [4.69, 9.17) is 14.2 Å². The van der Waals surface area contributed by atoms with E-state index in [9.17, 15) is 13.2 Å². The van der Waals surface area contributed by atoms with Crippen molar-refractivity contribution in [1.29, 1.82) is 0 Å². The zero-order valence-corrected chi connectivity index (χ0v) is 18.9. The Morgan fingerprint density at radius 3 is 2.45 bits per heavy atom. The third-order valence-electron chi connectivity index (χ3n) is 5.06. The molecule has 0 bridgehead atoms. The molecule has 0 saturated carbocycles. The number of fused-ring (bicyclic) bond motifs is 1. The summed E-state index contributed by atoms with van der Waals surface area (Å²) in [6.45, 7) is 1.29. The molecule has 0 aliphatic carbocycles. The van der Waals surface area contributed by atoms with Gasteiger partial charge in [0, 0.05) is 35.8 Å². The van der Waals surface area contributed by atoms with E-state index in [-0.39, 0.29) is 10.8 Å². The Labute approximate surface area is 192 Å². The van der Waals surface area contributed by atoms with Crippen LogP contribution in [0.4, 0.5) is 5.69 Å². The van der Waals surface area contributed by atoms with Crippen molar-refractivity contribution in [3.8, 4) is 17.2 Å². The van der Waals surface area contributed by atoms with Crippen molar-refractivity contribution in [1.82, 2.24) is 5.32 Å². The summed E-state index contributed by atoms with van der Waals surface area (Å²) in [6, 6.07) is 18.1. The second kappa shape index (κ2) is 9.83. The number of hydrogen-bond donors (Lipinski definition) is 2. The molecule has 3 aromatic carbocycles. The van der Waals surface area contributed by atoms with Crippen LogP contribution in [0.15, 0.2) is 71.6 Å². The van der Waals surface area contributed by atoms with Gasteiger partial charge in [0.25, 0.3) is 15.9 Å². The predicted octanol–water partition coefficient (Wildman–Crippen LogP) is 3.59. The van der Waals surface area contributed by atoms with E-state index < -0.39 is 10.0 Å². The first kappa shape index (κ1) is 22.5. The van der Waals surface area contributed by atoms with Gasteiger partial charge in [0.15, 0.2) is 11.5 Å². The number of rotatable bonds is 7. The van der Waals surface area contributed by atoms with Crippen LogP contribution in [0.2, 0.25) is 0 Å². The van der Waals surface area contributed by atoms with Crippen molar-refractivity contribution < 1.29 is 27.4 Å². The highest BCUT2D eigenvalue weighted by Gasteiger charge is 2.19. The molecule has 0 aromatic heterocycles. The molecule has 9 heteroatoms. The Balaban J connectivity index is 1.41. The van der Waals surface area contributed by atoms with Gasteiger partial charge in [0.05, 0.1) is 25.2 Å². The first-order valence-corrected chi connectivity index (χ1v) is 11.9. The standard InChI is InChI=1S/C24H24N2O6S/c1-30-21-6-3-2-5-18(21)16-25-24(27)17-7-9-19(10-8-17)26-33(28,29)20-11-12-22-23(15-20)32-14-4-13-31-22/h2-3,5-12,15,26H,4,13-14,16H2,1H3,(H,25,27). The van der Waals surface area contributed by atoms with E-state index in [1.54, 1.807) is 37.4 Å². The van der Waals surface area contributed by atoms with Gasteiger partial charge in [-0.05, 0) is 42.5 Å². The number of hydrogen-bond acceptors (Lipinski definition) is 6. The summed E-state index contributed by atoms with van der Waals surface area (Å²) >= 11 is 0. The molecule has 172 valence electrons. The van der Waals surface area contributed by atoms with E-state index in [1.165, 1.54) is 12.1 Å². The number of anilines is 1. The van der Waals surface area contributed by atoms with Crippen molar-refractivity contribution in [3.05, 3.63) is 77.9 Å². The minimum atomic E-state index is -3.85. The van der Waals surface area contributed by atoms with E-state index in [1.807, 2.05) is 24.3 Å². The number of sulfonamides is 1. The van der Waals surface area contributed by atoms with E-state index in [0.717, 1.165) is 12.0 Å². The number of benzene rings is 3. The molecule has 1 amide bonds. The zero-order valence-electron chi connectivity index (χ0n) is 18.0. The number of ether oxygens (including phenoxy) is 3. The Morgan fingerprint density at radius 2 is 1.70 bits per heavy atom. The van der Waals surface area contributed by atoms with Gasteiger partial charge in [-0.3, -0.25) is 9.52 Å². The van der Waals surface area contributed by atoms with E-state index in [0.29, 0.717) is 48.3 Å². The molecular weight excluding hydrogens is 444 g/mol. The van der Waals surface area contributed by atoms with Crippen LogP contribution >= 0.6 is 0 Å². The lowest BCUT2D eigenvalue weighted by atomic mass is 10.1. The lowest BCUT2D eigenvalue weighted by molar-refractivity contribution is 0.0950. The SMILES string of the molecule is COc1ccccc1CNC(=O)c1ccc(NS(=O)(=O)c2ccc3c(c2)OCCCO3)cc1. The Hall–Kier alpha value is -3.72. The van der Waals surface area contributed by atoms with Gasteiger partial charge in [-0.15, -0.1) is 0 Å². The molecule has 8 nitrogen and oxygen atoms in total. The molecular formula is C24H24N2O6S. The second-order valence-electron chi connectivity index (χ2n) is 7.34. The Bertz CT molecular complexity index is 1240. The van der Waals surface area contributed by atoms with Crippen LogP contribution in [-0.2, 0) is 16.6 Å². The monoisotopic (exact) mass is 468 g/mol. The fraction of sp³-hybridized carbons (Fsp3) is 0.208. The predicted molar refractivity (Wildman–Crippen MR) is 123 cm³/mol. The molecule has 4 rings (SSSR count). The third kappa shape index (κ3) is 5.38. The molecule has 1 aliphatic heterocycles. The van der Waals surface area contributed by atoms with E-state index in [2.05, 4.69) is 10.0 Å². The molecule has 0 fully saturated rings. The molecule has 0 unspecified atom stereocenters. The first-order chi connectivity index (χ1) is 16.0. The van der Waals surface area contributed by atoms with Crippen LogP contribution in [0.25, 0.3) is 0 Å². The number of nitrogens with one attached hydrogen (secondary N) is 2. The van der Waals surface area contributed by atoms with Crippen LogP contribution in [0.1, 0.15) is 22.3 Å². The summed E-state index contributed by atoms with van der Waals surface area (Å²) in [5, 5.41) is 2.83. The fourth-order valence-electron chi connectivity index (χ4n) is 3.34. The maximum Gasteiger partial charge on any atom is 0.262 e. The normalized spacial score (nSPS) is 13.0. The minimum absolute atomic E-state index is 0.0605. The molecule has 1 heterocycles. The van der Waals surface area contributed by atoms with Gasteiger partial charge in [0.2, 0.25) is 0 Å². The lowest BCUT2D eigenvalue weighted by Gasteiger charge is -2.12. The van der Waals surface area contributed by atoms with Crippen LogP contribution in [-0.4, -0.2) is 34.6 Å². The zero-order chi connectivity index (χ0) is 23.3. The largest absolute Gasteiger partial charge is 0.496 e. The number of carbonyl (C=O) groups is 1. The van der Waals surface area contributed by atoms with Gasteiger partial charge in [-0.1, -0.05) is 18.2 Å². The molecule has 0 atom stereocenters. The molecule has 2 N–H and O–H groups in total. The molecule has 33 heavy (non-hydrogen) atoms. The first-order valence-electron chi connectivity index (χ1n) is 10.4. The Morgan fingerprint density at radius 1 is 0.970 bits per heavy atom. The summed E-state index contributed by atoms with van der Waals surface area (Å²) in [5.41, 5.74) is 1.60. The van der Waals surface area contributed by atoms with Crippen LogP contribution in [0, 0.1) is 0 Å². The highest BCUT2D eigenvalue weighted by atomic mass is 32.2. The minimum Gasteiger partial charge on any atom is -0.496 e. The number of amides is 1. The average Bonchev–Trinajstić information content (AvgIpc) is 3.08. The van der Waals surface area contributed by atoms with Crippen LogP contribution in [0.5, 0.6) is 17.2 Å². The van der Waals surface area contributed by atoms with Gasteiger partial charge in [0.1, 0.15) is 5.75 Å². The number of carbonyl (C=O) groups excluding carboxylic acids is 1. The van der Waals surface area contributed by atoms with E-state index >= 15 is 0 Å². The quantitative estimate of drug-likeness (QED) is 0.549.